The Morgan fingerprint density at radius 2 is 1.71 bits per heavy atom. The molecule has 2 heterocycles. The van der Waals surface area contributed by atoms with Gasteiger partial charge in [-0.1, -0.05) is 0 Å². The number of methoxy groups -OCH3 is 1. The fourth-order valence-electron chi connectivity index (χ4n) is 2.80. The van der Waals surface area contributed by atoms with E-state index in [2.05, 4.69) is 10.1 Å². The van der Waals surface area contributed by atoms with Crippen molar-refractivity contribution in [1.82, 2.24) is 15.1 Å². The summed E-state index contributed by atoms with van der Waals surface area (Å²) in [5, 5.41) is 11.6. The summed E-state index contributed by atoms with van der Waals surface area (Å²) >= 11 is 0. The molecule has 0 aliphatic carbocycles. The first-order valence-electron chi connectivity index (χ1n) is 7.12. The average Bonchev–Trinajstić information content (AvgIpc) is 2.94. The first-order chi connectivity index (χ1) is 10.0. The SMILES string of the molecule is COC(=O)NC1CCN(C(=O)N2CCC(C(=O)O)CC2)C1. The molecule has 3 amide bonds. The first-order valence-corrected chi connectivity index (χ1v) is 7.12. The zero-order chi connectivity index (χ0) is 15.4. The predicted molar refractivity (Wildman–Crippen MR) is 72.8 cm³/mol. The zero-order valence-electron chi connectivity index (χ0n) is 12.1. The highest BCUT2D eigenvalue weighted by atomic mass is 16.5. The number of nitrogens with zero attached hydrogens (tertiary/aromatic N) is 2. The van der Waals surface area contributed by atoms with E-state index in [4.69, 9.17) is 5.11 Å². The normalized spacial score (nSPS) is 23.0. The van der Waals surface area contributed by atoms with Gasteiger partial charge in [-0.25, -0.2) is 9.59 Å². The summed E-state index contributed by atoms with van der Waals surface area (Å²) in [6.07, 6.45) is 1.21. The summed E-state index contributed by atoms with van der Waals surface area (Å²) in [6, 6.07) is -0.161. The molecule has 2 rings (SSSR count). The van der Waals surface area contributed by atoms with E-state index in [-0.39, 0.29) is 18.0 Å². The smallest absolute Gasteiger partial charge is 0.407 e. The molecule has 21 heavy (non-hydrogen) atoms. The van der Waals surface area contributed by atoms with Crippen LogP contribution in [0.4, 0.5) is 9.59 Å². The van der Waals surface area contributed by atoms with E-state index in [0.717, 1.165) is 0 Å². The summed E-state index contributed by atoms with van der Waals surface area (Å²) in [6.45, 7) is 2.00. The number of carboxylic acid groups (broad SMARTS) is 1. The van der Waals surface area contributed by atoms with E-state index in [1.54, 1.807) is 9.80 Å². The number of amides is 3. The molecule has 1 atom stereocenters. The minimum absolute atomic E-state index is 0.0759. The largest absolute Gasteiger partial charge is 0.481 e. The van der Waals surface area contributed by atoms with Gasteiger partial charge in [0.2, 0.25) is 0 Å². The van der Waals surface area contributed by atoms with Crippen LogP contribution in [-0.4, -0.2) is 72.3 Å². The number of likely N-dealkylation sites (tertiary alicyclic amines) is 2. The number of carbonyl (C=O) groups is 3. The van der Waals surface area contributed by atoms with E-state index in [1.807, 2.05) is 0 Å². The number of piperidine rings is 1. The molecule has 0 bridgehead atoms. The summed E-state index contributed by atoms with van der Waals surface area (Å²) in [7, 11) is 1.31. The summed E-state index contributed by atoms with van der Waals surface area (Å²) < 4.78 is 4.54. The van der Waals surface area contributed by atoms with Gasteiger partial charge in [-0.3, -0.25) is 4.79 Å². The van der Waals surface area contributed by atoms with E-state index >= 15 is 0 Å². The van der Waals surface area contributed by atoms with Crippen molar-refractivity contribution in [2.24, 2.45) is 5.92 Å². The minimum Gasteiger partial charge on any atom is -0.481 e. The van der Waals surface area contributed by atoms with Crippen molar-refractivity contribution in [3.63, 3.8) is 0 Å². The molecule has 2 fully saturated rings. The number of rotatable bonds is 2. The second kappa shape index (κ2) is 6.64. The molecular formula is C13H21N3O5. The summed E-state index contributed by atoms with van der Waals surface area (Å²) in [4.78, 5) is 37.8. The van der Waals surface area contributed by atoms with Crippen LogP contribution in [0.2, 0.25) is 0 Å². The number of carboxylic acids is 1. The molecule has 2 N–H and O–H groups in total. The number of hydrogen-bond donors (Lipinski definition) is 2. The number of hydrogen-bond acceptors (Lipinski definition) is 4. The van der Waals surface area contributed by atoms with Crippen LogP contribution in [0.15, 0.2) is 0 Å². The molecule has 2 aliphatic rings. The van der Waals surface area contributed by atoms with Gasteiger partial charge >= 0.3 is 18.1 Å². The van der Waals surface area contributed by atoms with E-state index < -0.39 is 12.1 Å². The molecule has 0 saturated carbocycles. The third-order valence-corrected chi connectivity index (χ3v) is 4.08. The van der Waals surface area contributed by atoms with Crippen molar-refractivity contribution in [2.45, 2.75) is 25.3 Å². The maximum absolute atomic E-state index is 12.3. The number of carbonyl (C=O) groups excluding carboxylic acids is 2. The highest BCUT2D eigenvalue weighted by molar-refractivity contribution is 5.76. The molecular weight excluding hydrogens is 278 g/mol. The van der Waals surface area contributed by atoms with Crippen molar-refractivity contribution in [1.29, 1.82) is 0 Å². The number of nitrogens with one attached hydrogen (secondary N) is 1. The zero-order valence-corrected chi connectivity index (χ0v) is 12.1. The van der Waals surface area contributed by atoms with E-state index in [0.29, 0.717) is 45.4 Å². The molecule has 0 spiro atoms. The Morgan fingerprint density at radius 1 is 1.10 bits per heavy atom. The van der Waals surface area contributed by atoms with Crippen molar-refractivity contribution in [2.75, 3.05) is 33.3 Å². The summed E-state index contributed by atoms with van der Waals surface area (Å²) in [5.74, 6) is -1.13. The molecule has 2 aliphatic heterocycles. The monoisotopic (exact) mass is 299 g/mol. The Bertz CT molecular complexity index is 420. The fourth-order valence-corrected chi connectivity index (χ4v) is 2.80. The lowest BCUT2D eigenvalue weighted by molar-refractivity contribution is -0.143. The second-order valence-corrected chi connectivity index (χ2v) is 5.45. The van der Waals surface area contributed by atoms with Crippen molar-refractivity contribution in [3.8, 4) is 0 Å². The van der Waals surface area contributed by atoms with Crippen LogP contribution in [0.25, 0.3) is 0 Å². The molecule has 8 nitrogen and oxygen atoms in total. The van der Waals surface area contributed by atoms with Crippen LogP contribution in [0.5, 0.6) is 0 Å². The molecule has 0 aromatic rings. The Balaban J connectivity index is 1.80. The van der Waals surface area contributed by atoms with E-state index in [1.165, 1.54) is 7.11 Å². The molecule has 0 aromatic heterocycles. The molecule has 2 saturated heterocycles. The molecule has 0 aromatic carbocycles. The topological polar surface area (TPSA) is 99.2 Å². The van der Waals surface area contributed by atoms with Crippen LogP contribution in [0, 0.1) is 5.92 Å². The summed E-state index contributed by atoms with van der Waals surface area (Å²) in [5.41, 5.74) is 0. The van der Waals surface area contributed by atoms with Gasteiger partial charge in [-0.2, -0.15) is 0 Å². The Hall–Kier alpha value is -1.99. The maximum atomic E-state index is 12.3. The number of aliphatic carboxylic acids is 1. The van der Waals surface area contributed by atoms with Crippen molar-refractivity contribution >= 4 is 18.1 Å². The van der Waals surface area contributed by atoms with Gasteiger partial charge in [-0.15, -0.1) is 0 Å². The van der Waals surface area contributed by atoms with Gasteiger partial charge < -0.3 is 25.0 Å². The quantitative estimate of drug-likeness (QED) is 0.765. The third kappa shape index (κ3) is 3.77. The lowest BCUT2D eigenvalue weighted by atomic mass is 9.97. The van der Waals surface area contributed by atoms with Crippen LogP contribution >= 0.6 is 0 Å². The fraction of sp³-hybridized carbons (Fsp3) is 0.769. The maximum Gasteiger partial charge on any atom is 0.407 e. The number of urea groups is 1. The molecule has 8 heteroatoms. The molecule has 1 unspecified atom stereocenters. The van der Waals surface area contributed by atoms with Crippen LogP contribution in [0.1, 0.15) is 19.3 Å². The van der Waals surface area contributed by atoms with Gasteiger partial charge in [0, 0.05) is 26.2 Å². The van der Waals surface area contributed by atoms with E-state index in [9.17, 15) is 14.4 Å². The Labute approximate surface area is 123 Å². The average molecular weight is 299 g/mol. The van der Waals surface area contributed by atoms with Crippen LogP contribution < -0.4 is 5.32 Å². The highest BCUT2D eigenvalue weighted by Crippen LogP contribution is 2.20. The van der Waals surface area contributed by atoms with Gasteiger partial charge in [0.15, 0.2) is 0 Å². The highest BCUT2D eigenvalue weighted by Gasteiger charge is 2.33. The van der Waals surface area contributed by atoms with Gasteiger partial charge in [0.1, 0.15) is 0 Å². The second-order valence-electron chi connectivity index (χ2n) is 5.45. The van der Waals surface area contributed by atoms with Crippen LogP contribution in [-0.2, 0) is 9.53 Å². The lowest BCUT2D eigenvalue weighted by Crippen LogP contribution is -2.47. The van der Waals surface area contributed by atoms with Crippen LogP contribution in [0.3, 0.4) is 0 Å². The lowest BCUT2D eigenvalue weighted by Gasteiger charge is -2.33. The minimum atomic E-state index is -0.786. The van der Waals surface area contributed by atoms with Crippen molar-refractivity contribution in [3.05, 3.63) is 0 Å². The first kappa shape index (κ1) is 15.4. The Kier molecular flexibility index (Phi) is 4.87. The predicted octanol–water partition coefficient (Wildman–Crippen LogP) is 0.333. The standard InChI is InChI=1S/C13H21N3O5/c1-21-12(19)14-10-4-7-16(8-10)13(20)15-5-2-9(3-6-15)11(17)18/h9-10H,2-8H2,1H3,(H,14,19)(H,17,18). The molecule has 0 radical (unpaired) electrons. The Morgan fingerprint density at radius 3 is 2.29 bits per heavy atom. The van der Waals surface area contributed by atoms with Gasteiger partial charge in [0.25, 0.3) is 0 Å². The third-order valence-electron chi connectivity index (χ3n) is 4.08. The van der Waals surface area contributed by atoms with Crippen molar-refractivity contribution < 1.29 is 24.2 Å². The van der Waals surface area contributed by atoms with Gasteiger partial charge in [0.05, 0.1) is 19.1 Å². The number of ether oxygens (including phenoxy) is 1. The van der Waals surface area contributed by atoms with Gasteiger partial charge in [-0.05, 0) is 19.3 Å². The number of alkyl carbamates (subject to hydrolysis) is 1. The molecule has 118 valence electrons.